The van der Waals surface area contributed by atoms with Gasteiger partial charge in [-0.3, -0.25) is 4.79 Å². The molecule has 1 rings (SSSR count). The first-order valence-electron chi connectivity index (χ1n) is 3.96. The molecule has 0 spiro atoms. The van der Waals surface area contributed by atoms with Crippen molar-refractivity contribution in [2.45, 2.75) is 6.92 Å². The van der Waals surface area contributed by atoms with Gasteiger partial charge in [0.15, 0.2) is 0 Å². The summed E-state index contributed by atoms with van der Waals surface area (Å²) in [5.74, 6) is -1.06. The third kappa shape index (κ3) is 1.76. The summed E-state index contributed by atoms with van der Waals surface area (Å²) in [7, 11) is 2.65. The maximum absolute atomic E-state index is 11.3. The van der Waals surface area contributed by atoms with E-state index >= 15 is 0 Å². The summed E-state index contributed by atoms with van der Waals surface area (Å²) in [6.45, 7) is 1.74. The molecule has 0 atom stereocenters. The highest BCUT2D eigenvalue weighted by atomic mass is 16.5. The van der Waals surface area contributed by atoms with Crippen molar-refractivity contribution in [1.29, 1.82) is 0 Å². The zero-order valence-corrected chi connectivity index (χ0v) is 8.21. The molecule has 5 nitrogen and oxygen atoms in total. The highest BCUT2D eigenvalue weighted by molar-refractivity contribution is 6.40. The number of carbonyl (C=O) groups excluding carboxylic acids is 2. The van der Waals surface area contributed by atoms with Crippen molar-refractivity contribution in [2.24, 2.45) is 0 Å². The first-order chi connectivity index (χ1) is 6.60. The van der Waals surface area contributed by atoms with Crippen LogP contribution in [0.5, 0.6) is 5.75 Å². The summed E-state index contributed by atoms with van der Waals surface area (Å²) in [5.41, 5.74) is 0.867. The van der Waals surface area contributed by atoms with Gasteiger partial charge in [0.1, 0.15) is 5.75 Å². The van der Waals surface area contributed by atoms with Gasteiger partial charge in [0.05, 0.1) is 25.6 Å². The molecule has 0 bridgehead atoms. The molecule has 0 amide bonds. The van der Waals surface area contributed by atoms with Crippen LogP contribution in [0.3, 0.4) is 0 Å². The van der Waals surface area contributed by atoms with Crippen LogP contribution in [0.1, 0.15) is 16.2 Å². The number of ether oxygens (including phenoxy) is 2. The van der Waals surface area contributed by atoms with Gasteiger partial charge in [0.2, 0.25) is 0 Å². The van der Waals surface area contributed by atoms with Gasteiger partial charge >= 0.3 is 5.97 Å². The third-order valence-electron chi connectivity index (χ3n) is 1.80. The lowest BCUT2D eigenvalue weighted by molar-refractivity contribution is -0.135. The Bertz CT molecular complexity index is 367. The van der Waals surface area contributed by atoms with E-state index in [-0.39, 0.29) is 5.69 Å². The summed E-state index contributed by atoms with van der Waals surface area (Å²) in [5, 5.41) is 0. The van der Waals surface area contributed by atoms with E-state index in [1.165, 1.54) is 13.2 Å². The molecular formula is C9H11NO4. The zero-order chi connectivity index (χ0) is 10.7. The number of aryl methyl sites for hydroxylation is 1. The SMILES string of the molecule is COC(=O)C(=O)c1cc(OC)c(C)[nH]1. The fourth-order valence-electron chi connectivity index (χ4n) is 1.08. The molecule has 1 heterocycles. The second kappa shape index (κ2) is 3.95. The van der Waals surface area contributed by atoms with E-state index in [0.717, 1.165) is 7.11 Å². The number of hydrogen-bond acceptors (Lipinski definition) is 4. The van der Waals surface area contributed by atoms with Crippen molar-refractivity contribution >= 4 is 11.8 Å². The minimum absolute atomic E-state index is 0.172. The summed E-state index contributed by atoms with van der Waals surface area (Å²) in [6, 6.07) is 1.47. The highest BCUT2D eigenvalue weighted by Gasteiger charge is 2.19. The van der Waals surface area contributed by atoms with Gasteiger partial charge in [-0.25, -0.2) is 4.79 Å². The smallest absolute Gasteiger partial charge is 0.380 e. The Morgan fingerprint density at radius 2 is 2.00 bits per heavy atom. The predicted molar refractivity (Wildman–Crippen MR) is 48.4 cm³/mol. The second-order valence-electron chi connectivity index (χ2n) is 2.70. The Hall–Kier alpha value is -1.78. The Morgan fingerprint density at radius 1 is 1.36 bits per heavy atom. The normalized spacial score (nSPS) is 9.64. The topological polar surface area (TPSA) is 68.4 Å². The number of aromatic nitrogens is 1. The number of Topliss-reactive ketones (excluding diaryl/α,β-unsaturated/α-hetero) is 1. The van der Waals surface area contributed by atoms with E-state index in [4.69, 9.17) is 4.74 Å². The van der Waals surface area contributed by atoms with E-state index in [0.29, 0.717) is 11.4 Å². The average Bonchev–Trinajstić information content (AvgIpc) is 2.57. The second-order valence-corrected chi connectivity index (χ2v) is 2.70. The molecule has 0 aliphatic carbocycles. The number of hydrogen-bond donors (Lipinski definition) is 1. The maximum Gasteiger partial charge on any atom is 0.380 e. The number of aromatic amines is 1. The molecule has 14 heavy (non-hydrogen) atoms. The summed E-state index contributed by atoms with van der Waals surface area (Å²) in [6.07, 6.45) is 0. The van der Waals surface area contributed by atoms with Gasteiger partial charge in [-0.15, -0.1) is 0 Å². The van der Waals surface area contributed by atoms with Gasteiger partial charge in [0, 0.05) is 6.07 Å². The molecule has 5 heteroatoms. The molecule has 76 valence electrons. The lowest BCUT2D eigenvalue weighted by Crippen LogP contribution is -2.15. The Morgan fingerprint density at radius 3 is 2.43 bits per heavy atom. The van der Waals surface area contributed by atoms with Gasteiger partial charge < -0.3 is 14.5 Å². The quantitative estimate of drug-likeness (QED) is 0.439. The van der Waals surface area contributed by atoms with Crippen LogP contribution in [0.4, 0.5) is 0 Å². The molecule has 0 unspecified atom stereocenters. The Kier molecular flexibility index (Phi) is 2.91. The monoisotopic (exact) mass is 197 g/mol. The first kappa shape index (κ1) is 10.3. The van der Waals surface area contributed by atoms with E-state index in [2.05, 4.69) is 9.72 Å². The number of ketones is 1. The third-order valence-corrected chi connectivity index (χ3v) is 1.80. The van der Waals surface area contributed by atoms with E-state index in [1.807, 2.05) is 0 Å². The van der Waals surface area contributed by atoms with Crippen molar-refractivity contribution in [3.63, 3.8) is 0 Å². The van der Waals surface area contributed by atoms with Crippen LogP contribution in [0.25, 0.3) is 0 Å². The zero-order valence-electron chi connectivity index (χ0n) is 8.21. The summed E-state index contributed by atoms with van der Waals surface area (Å²) < 4.78 is 9.25. The molecule has 0 aliphatic heterocycles. The van der Waals surface area contributed by atoms with Crippen LogP contribution in [-0.2, 0) is 9.53 Å². The van der Waals surface area contributed by atoms with Crippen LogP contribution in [0.15, 0.2) is 6.07 Å². The van der Waals surface area contributed by atoms with Crippen LogP contribution < -0.4 is 4.74 Å². The number of esters is 1. The highest BCUT2D eigenvalue weighted by Crippen LogP contribution is 2.18. The Balaban J connectivity index is 2.97. The lowest BCUT2D eigenvalue weighted by Gasteiger charge is -1.93. The van der Waals surface area contributed by atoms with E-state index < -0.39 is 11.8 Å². The lowest BCUT2D eigenvalue weighted by atomic mass is 10.3. The standard InChI is InChI=1S/C9H11NO4/c1-5-7(13-2)4-6(10-5)8(11)9(12)14-3/h4,10H,1-3H3. The first-order valence-corrected chi connectivity index (χ1v) is 3.96. The summed E-state index contributed by atoms with van der Waals surface area (Å²) >= 11 is 0. The van der Waals surface area contributed by atoms with Crippen molar-refractivity contribution in [1.82, 2.24) is 4.98 Å². The van der Waals surface area contributed by atoms with Crippen molar-refractivity contribution in [3.05, 3.63) is 17.5 Å². The number of rotatable bonds is 3. The number of H-pyrrole nitrogens is 1. The van der Waals surface area contributed by atoms with Gasteiger partial charge in [-0.1, -0.05) is 0 Å². The maximum atomic E-state index is 11.3. The Labute approximate surface area is 81.0 Å². The molecule has 0 fully saturated rings. The molecule has 1 aromatic heterocycles. The van der Waals surface area contributed by atoms with Gasteiger partial charge in [-0.05, 0) is 6.92 Å². The minimum Gasteiger partial charge on any atom is -0.495 e. The fourth-order valence-corrected chi connectivity index (χ4v) is 1.08. The molecule has 1 N–H and O–H groups in total. The number of nitrogens with one attached hydrogen (secondary N) is 1. The molecule has 0 aliphatic rings. The predicted octanol–water partition coefficient (Wildman–Crippen LogP) is 0.687. The number of methoxy groups -OCH3 is 2. The van der Waals surface area contributed by atoms with E-state index in [1.54, 1.807) is 6.92 Å². The fraction of sp³-hybridized carbons (Fsp3) is 0.333. The molecule has 0 saturated heterocycles. The molecule has 0 radical (unpaired) electrons. The molecular weight excluding hydrogens is 186 g/mol. The molecule has 0 saturated carbocycles. The van der Waals surface area contributed by atoms with Crippen LogP contribution >= 0.6 is 0 Å². The van der Waals surface area contributed by atoms with Crippen LogP contribution in [0.2, 0.25) is 0 Å². The van der Waals surface area contributed by atoms with Crippen molar-refractivity contribution < 1.29 is 19.1 Å². The minimum atomic E-state index is -0.895. The molecule has 0 aromatic carbocycles. The van der Waals surface area contributed by atoms with Gasteiger partial charge in [0.25, 0.3) is 5.78 Å². The van der Waals surface area contributed by atoms with Crippen molar-refractivity contribution in [3.8, 4) is 5.75 Å². The van der Waals surface area contributed by atoms with Crippen LogP contribution in [0, 0.1) is 6.92 Å². The number of carbonyl (C=O) groups is 2. The van der Waals surface area contributed by atoms with Crippen LogP contribution in [-0.4, -0.2) is 31.0 Å². The van der Waals surface area contributed by atoms with Crippen molar-refractivity contribution in [2.75, 3.05) is 14.2 Å². The largest absolute Gasteiger partial charge is 0.495 e. The average molecular weight is 197 g/mol. The molecule has 1 aromatic rings. The van der Waals surface area contributed by atoms with E-state index in [9.17, 15) is 9.59 Å². The summed E-state index contributed by atoms with van der Waals surface area (Å²) in [4.78, 5) is 24.9. The van der Waals surface area contributed by atoms with Gasteiger partial charge in [-0.2, -0.15) is 0 Å².